The Hall–Kier alpha value is -3.41. The molecule has 0 saturated heterocycles. The average molecular weight is 337 g/mol. The lowest BCUT2D eigenvalue weighted by Crippen LogP contribution is -2.44. The molecular formula is C19H15NO5. The number of carbonyl (C=O) groups excluding carboxylic acids is 2. The number of carboxylic acid groups (broad SMARTS) is 1. The molecule has 0 saturated carbocycles. The summed E-state index contributed by atoms with van der Waals surface area (Å²) in [5.41, 5.74) is 1.77. The van der Waals surface area contributed by atoms with Crippen molar-refractivity contribution in [3.05, 3.63) is 65.2 Å². The Morgan fingerprint density at radius 1 is 1.08 bits per heavy atom. The van der Waals surface area contributed by atoms with Gasteiger partial charge in [-0.25, -0.2) is 0 Å². The highest BCUT2D eigenvalue weighted by Crippen LogP contribution is 2.30. The van der Waals surface area contributed by atoms with Gasteiger partial charge in [0.05, 0.1) is 7.11 Å². The van der Waals surface area contributed by atoms with Gasteiger partial charge in [0.1, 0.15) is 12.3 Å². The van der Waals surface area contributed by atoms with Crippen molar-refractivity contribution in [2.75, 3.05) is 13.7 Å². The minimum Gasteiger partial charge on any atom is -0.497 e. The number of carboxylic acids is 1. The Morgan fingerprint density at radius 3 is 2.48 bits per heavy atom. The van der Waals surface area contributed by atoms with Gasteiger partial charge in [0, 0.05) is 11.1 Å². The number of imide groups is 1. The molecule has 25 heavy (non-hydrogen) atoms. The zero-order valence-corrected chi connectivity index (χ0v) is 13.4. The molecule has 0 unspecified atom stereocenters. The number of benzene rings is 2. The van der Waals surface area contributed by atoms with E-state index in [0.29, 0.717) is 22.4 Å². The van der Waals surface area contributed by atoms with Crippen molar-refractivity contribution in [2.45, 2.75) is 0 Å². The maximum atomic E-state index is 12.7. The molecule has 0 spiro atoms. The van der Waals surface area contributed by atoms with Crippen molar-refractivity contribution in [1.82, 2.24) is 4.90 Å². The highest BCUT2D eigenvalue weighted by Gasteiger charge is 2.35. The Morgan fingerprint density at radius 2 is 1.80 bits per heavy atom. The zero-order chi connectivity index (χ0) is 18.0. The first kappa shape index (κ1) is 16.4. The number of hydrogen-bond acceptors (Lipinski definition) is 4. The summed E-state index contributed by atoms with van der Waals surface area (Å²) in [5, 5.41) is 9.01. The lowest BCUT2D eigenvalue weighted by Gasteiger charge is -2.27. The van der Waals surface area contributed by atoms with Crippen LogP contribution in [0.15, 0.2) is 48.5 Å². The zero-order valence-electron chi connectivity index (χ0n) is 13.4. The highest BCUT2D eigenvalue weighted by atomic mass is 16.5. The summed E-state index contributed by atoms with van der Waals surface area (Å²) in [6.45, 7) is -0.679. The molecule has 1 aliphatic heterocycles. The lowest BCUT2D eigenvalue weighted by atomic mass is 9.92. The van der Waals surface area contributed by atoms with Gasteiger partial charge in [-0.15, -0.1) is 0 Å². The van der Waals surface area contributed by atoms with Crippen LogP contribution in [0, 0.1) is 0 Å². The van der Waals surface area contributed by atoms with Gasteiger partial charge in [0.15, 0.2) is 0 Å². The first-order chi connectivity index (χ1) is 12.0. The van der Waals surface area contributed by atoms with Crippen LogP contribution in [0.1, 0.15) is 21.5 Å². The van der Waals surface area contributed by atoms with Crippen LogP contribution in [0.5, 0.6) is 5.75 Å². The first-order valence-corrected chi connectivity index (χ1v) is 7.54. The third-order valence-corrected chi connectivity index (χ3v) is 3.87. The molecule has 126 valence electrons. The standard InChI is InChI=1S/C19H15NO5/c1-25-13-6-4-5-12(9-13)10-16-14-7-2-3-8-15(14)18(23)20(19(16)24)11-17(21)22/h2-10H,11H2,1H3,(H,21,22)/b16-10-. The fourth-order valence-corrected chi connectivity index (χ4v) is 2.72. The normalized spacial score (nSPS) is 15.2. The van der Waals surface area contributed by atoms with E-state index in [1.807, 2.05) is 0 Å². The topological polar surface area (TPSA) is 83.9 Å². The molecule has 1 N–H and O–H groups in total. The van der Waals surface area contributed by atoms with Crippen LogP contribution in [0.4, 0.5) is 0 Å². The maximum absolute atomic E-state index is 12.7. The number of fused-ring (bicyclic) bond motifs is 1. The van der Waals surface area contributed by atoms with E-state index in [4.69, 9.17) is 9.84 Å². The van der Waals surface area contributed by atoms with Crippen LogP contribution in [-0.4, -0.2) is 41.4 Å². The van der Waals surface area contributed by atoms with Crippen molar-refractivity contribution >= 4 is 29.4 Å². The highest BCUT2D eigenvalue weighted by molar-refractivity contribution is 6.34. The molecular weight excluding hydrogens is 322 g/mol. The second-order valence-corrected chi connectivity index (χ2v) is 5.47. The molecule has 6 nitrogen and oxygen atoms in total. The predicted octanol–water partition coefficient (Wildman–Crippen LogP) is 2.30. The van der Waals surface area contributed by atoms with Gasteiger partial charge < -0.3 is 9.84 Å². The summed E-state index contributed by atoms with van der Waals surface area (Å²) in [4.78, 5) is 37.0. The molecule has 2 aromatic rings. The average Bonchev–Trinajstić information content (AvgIpc) is 2.62. The van der Waals surface area contributed by atoms with Crippen LogP contribution in [0.2, 0.25) is 0 Å². The van der Waals surface area contributed by atoms with Crippen molar-refractivity contribution in [3.8, 4) is 5.75 Å². The van der Waals surface area contributed by atoms with Crippen LogP contribution >= 0.6 is 0 Å². The summed E-state index contributed by atoms with van der Waals surface area (Å²) in [6, 6.07) is 13.8. The number of nitrogens with zero attached hydrogens (tertiary/aromatic N) is 1. The van der Waals surface area contributed by atoms with Crippen molar-refractivity contribution in [1.29, 1.82) is 0 Å². The van der Waals surface area contributed by atoms with Gasteiger partial charge in [0.25, 0.3) is 11.8 Å². The second-order valence-electron chi connectivity index (χ2n) is 5.47. The van der Waals surface area contributed by atoms with Crippen molar-refractivity contribution in [3.63, 3.8) is 0 Å². The molecule has 3 rings (SSSR count). The maximum Gasteiger partial charge on any atom is 0.323 e. The monoisotopic (exact) mass is 337 g/mol. The molecule has 0 atom stereocenters. The van der Waals surface area contributed by atoms with Gasteiger partial charge in [-0.3, -0.25) is 19.3 Å². The van der Waals surface area contributed by atoms with E-state index in [1.54, 1.807) is 61.7 Å². The van der Waals surface area contributed by atoms with Crippen molar-refractivity contribution < 1.29 is 24.2 Å². The molecule has 0 aliphatic carbocycles. The summed E-state index contributed by atoms with van der Waals surface area (Å²) in [6.07, 6.45) is 1.63. The minimum atomic E-state index is -1.25. The number of ether oxygens (including phenoxy) is 1. The molecule has 0 bridgehead atoms. The van der Waals surface area contributed by atoms with E-state index in [-0.39, 0.29) is 5.57 Å². The van der Waals surface area contributed by atoms with Crippen LogP contribution in [-0.2, 0) is 9.59 Å². The van der Waals surface area contributed by atoms with Crippen molar-refractivity contribution in [2.24, 2.45) is 0 Å². The summed E-state index contributed by atoms with van der Waals surface area (Å²) in [7, 11) is 1.54. The Bertz CT molecular complexity index is 900. The summed E-state index contributed by atoms with van der Waals surface area (Å²) < 4.78 is 5.17. The summed E-state index contributed by atoms with van der Waals surface area (Å²) >= 11 is 0. The lowest BCUT2D eigenvalue weighted by molar-refractivity contribution is -0.141. The fourth-order valence-electron chi connectivity index (χ4n) is 2.72. The Labute approximate surface area is 143 Å². The van der Waals surface area contributed by atoms with Gasteiger partial charge >= 0.3 is 5.97 Å². The molecule has 2 aromatic carbocycles. The van der Waals surface area contributed by atoms with Gasteiger partial charge in [-0.2, -0.15) is 0 Å². The van der Waals surface area contributed by atoms with Gasteiger partial charge in [-0.1, -0.05) is 30.3 Å². The molecule has 2 amide bonds. The second kappa shape index (κ2) is 6.60. The quantitative estimate of drug-likeness (QED) is 0.684. The van der Waals surface area contributed by atoms with Crippen LogP contribution in [0.25, 0.3) is 11.6 Å². The van der Waals surface area contributed by atoms with E-state index in [2.05, 4.69) is 0 Å². The number of rotatable bonds is 4. The molecule has 1 heterocycles. The van der Waals surface area contributed by atoms with Gasteiger partial charge in [-0.05, 0) is 35.4 Å². The SMILES string of the molecule is COc1cccc(/C=C2\C(=O)N(CC(=O)O)C(=O)c3ccccc32)c1. The van der Waals surface area contributed by atoms with Crippen LogP contribution in [0.3, 0.4) is 0 Å². The molecule has 0 fully saturated rings. The van der Waals surface area contributed by atoms with E-state index < -0.39 is 24.3 Å². The predicted molar refractivity (Wildman–Crippen MR) is 91.0 cm³/mol. The van der Waals surface area contributed by atoms with Gasteiger partial charge in [0.2, 0.25) is 0 Å². The number of amides is 2. The van der Waals surface area contributed by atoms with E-state index >= 15 is 0 Å². The first-order valence-electron chi connectivity index (χ1n) is 7.54. The minimum absolute atomic E-state index is 0.268. The number of hydrogen-bond donors (Lipinski definition) is 1. The number of carbonyl (C=O) groups is 3. The van der Waals surface area contributed by atoms with E-state index in [1.165, 1.54) is 0 Å². The third-order valence-electron chi connectivity index (χ3n) is 3.87. The Kier molecular flexibility index (Phi) is 4.35. The number of aliphatic carboxylic acids is 1. The Balaban J connectivity index is 2.14. The number of methoxy groups -OCH3 is 1. The summed E-state index contributed by atoms with van der Waals surface area (Å²) in [5.74, 6) is -1.86. The molecule has 6 heteroatoms. The largest absolute Gasteiger partial charge is 0.497 e. The third kappa shape index (κ3) is 3.14. The van der Waals surface area contributed by atoms with Crippen LogP contribution < -0.4 is 4.74 Å². The molecule has 0 aromatic heterocycles. The smallest absolute Gasteiger partial charge is 0.323 e. The van der Waals surface area contributed by atoms with E-state index in [0.717, 1.165) is 4.90 Å². The fraction of sp³-hybridized carbons (Fsp3) is 0.105. The molecule has 1 aliphatic rings. The molecule has 0 radical (unpaired) electrons. The van der Waals surface area contributed by atoms with E-state index in [9.17, 15) is 14.4 Å².